The second kappa shape index (κ2) is 10.1. The lowest BCUT2D eigenvalue weighted by Gasteiger charge is -2.29. The molecule has 28 heavy (non-hydrogen) atoms. The highest BCUT2D eigenvalue weighted by Gasteiger charge is 2.30. The molecule has 0 saturated heterocycles. The van der Waals surface area contributed by atoms with Crippen LogP contribution in [0.4, 0.5) is 4.39 Å². The van der Waals surface area contributed by atoms with Gasteiger partial charge in [0.25, 0.3) is 0 Å². The molecule has 5 nitrogen and oxygen atoms in total. The number of benzene rings is 1. The van der Waals surface area contributed by atoms with Gasteiger partial charge in [-0.25, -0.2) is 4.39 Å². The van der Waals surface area contributed by atoms with Crippen molar-refractivity contribution < 1.29 is 28.2 Å². The van der Waals surface area contributed by atoms with Crippen LogP contribution >= 0.6 is 11.6 Å². The van der Waals surface area contributed by atoms with Crippen LogP contribution in [-0.4, -0.2) is 29.7 Å². The lowest BCUT2D eigenvalue weighted by molar-refractivity contribution is -0.167. The zero-order valence-electron chi connectivity index (χ0n) is 17.5. The van der Waals surface area contributed by atoms with E-state index in [1.165, 1.54) is 18.2 Å². The molecule has 158 valence electrons. The molecule has 0 aliphatic rings. The third kappa shape index (κ3) is 8.46. The number of hydrogen-bond acceptors (Lipinski definition) is 5. The summed E-state index contributed by atoms with van der Waals surface area (Å²) in [6, 6.07) is 3.88. The fourth-order valence-electron chi connectivity index (χ4n) is 2.62. The van der Waals surface area contributed by atoms with E-state index < -0.39 is 41.5 Å². The molecular weight excluding hydrogens is 387 g/mol. The Bertz CT molecular complexity index is 664. The van der Waals surface area contributed by atoms with Crippen LogP contribution in [0.25, 0.3) is 0 Å². The van der Waals surface area contributed by atoms with Gasteiger partial charge in [-0.05, 0) is 45.7 Å². The standard InChI is InChI=1S/C21H30ClFO5/c1-12(2)19(14(4)26-17-10-15(22)9-16(23)11-17)27-20(25)13(3)8-18(24)28-21(5,6)7/h9-14,19H,8H2,1-7H3/t13-,14+,19-/m1/s1. The molecule has 0 radical (unpaired) electrons. The Morgan fingerprint density at radius 3 is 2.21 bits per heavy atom. The zero-order chi connectivity index (χ0) is 21.6. The summed E-state index contributed by atoms with van der Waals surface area (Å²) in [4.78, 5) is 24.4. The number of carbonyl (C=O) groups is 2. The van der Waals surface area contributed by atoms with Crippen molar-refractivity contribution in [1.29, 1.82) is 0 Å². The van der Waals surface area contributed by atoms with E-state index in [0.717, 1.165) is 0 Å². The van der Waals surface area contributed by atoms with Crippen molar-refractivity contribution in [1.82, 2.24) is 0 Å². The summed E-state index contributed by atoms with van der Waals surface area (Å²) in [7, 11) is 0. The molecule has 1 aromatic carbocycles. The number of ether oxygens (including phenoxy) is 3. The Kier molecular flexibility index (Phi) is 8.74. The SMILES string of the molecule is CC(C)[C@@H](OC(=O)[C@H](C)CC(=O)OC(C)(C)C)[C@H](C)Oc1cc(F)cc(Cl)c1. The van der Waals surface area contributed by atoms with Gasteiger partial charge in [-0.3, -0.25) is 9.59 Å². The van der Waals surface area contributed by atoms with Crippen LogP contribution in [-0.2, 0) is 19.1 Å². The maximum atomic E-state index is 13.5. The van der Waals surface area contributed by atoms with E-state index in [9.17, 15) is 14.0 Å². The molecule has 0 N–H and O–H groups in total. The molecule has 3 atom stereocenters. The Morgan fingerprint density at radius 2 is 1.71 bits per heavy atom. The molecule has 1 rings (SSSR count). The first-order chi connectivity index (χ1) is 12.8. The average Bonchev–Trinajstić information content (AvgIpc) is 2.48. The van der Waals surface area contributed by atoms with Crippen LogP contribution in [0.2, 0.25) is 5.02 Å². The van der Waals surface area contributed by atoms with Crippen LogP contribution in [0.5, 0.6) is 5.75 Å². The number of carbonyl (C=O) groups excluding carboxylic acids is 2. The van der Waals surface area contributed by atoms with E-state index in [-0.39, 0.29) is 23.1 Å². The van der Waals surface area contributed by atoms with Crippen LogP contribution in [0, 0.1) is 17.7 Å². The molecule has 0 fully saturated rings. The molecule has 0 aliphatic heterocycles. The van der Waals surface area contributed by atoms with E-state index in [1.54, 1.807) is 34.6 Å². The van der Waals surface area contributed by atoms with E-state index >= 15 is 0 Å². The minimum absolute atomic E-state index is 0.0586. The van der Waals surface area contributed by atoms with Gasteiger partial charge in [0.2, 0.25) is 0 Å². The molecule has 7 heteroatoms. The second-order valence-electron chi connectivity index (χ2n) is 8.27. The summed E-state index contributed by atoms with van der Waals surface area (Å²) in [6.07, 6.45) is -1.21. The normalized spacial score (nSPS) is 14.9. The summed E-state index contributed by atoms with van der Waals surface area (Å²) in [6.45, 7) is 12.4. The van der Waals surface area contributed by atoms with Crippen molar-refractivity contribution in [3.63, 3.8) is 0 Å². The number of halogens is 2. The Labute approximate surface area is 171 Å². The predicted octanol–water partition coefficient (Wildman–Crippen LogP) is 5.18. The lowest BCUT2D eigenvalue weighted by Crippen LogP contribution is -2.39. The molecule has 0 aromatic heterocycles. The average molecular weight is 417 g/mol. The highest BCUT2D eigenvalue weighted by Crippen LogP contribution is 2.24. The van der Waals surface area contributed by atoms with Crippen LogP contribution in [0.3, 0.4) is 0 Å². The molecule has 0 spiro atoms. The third-order valence-corrected chi connectivity index (χ3v) is 4.04. The summed E-state index contributed by atoms with van der Waals surface area (Å²) in [5.74, 6) is -1.96. The van der Waals surface area contributed by atoms with Gasteiger partial charge in [0, 0.05) is 11.1 Å². The van der Waals surface area contributed by atoms with Gasteiger partial charge in [0.05, 0.1) is 12.3 Å². The molecule has 0 amide bonds. The summed E-state index contributed by atoms with van der Waals surface area (Å²) in [5.41, 5.74) is -0.615. The smallest absolute Gasteiger partial charge is 0.309 e. The number of esters is 2. The van der Waals surface area contributed by atoms with Crippen LogP contribution in [0.1, 0.15) is 54.9 Å². The quantitative estimate of drug-likeness (QED) is 0.546. The van der Waals surface area contributed by atoms with Gasteiger partial charge in [-0.2, -0.15) is 0 Å². The molecular formula is C21H30ClFO5. The highest BCUT2D eigenvalue weighted by atomic mass is 35.5. The minimum atomic E-state index is -0.660. The molecule has 1 aromatic rings. The van der Waals surface area contributed by atoms with Crippen LogP contribution in [0.15, 0.2) is 18.2 Å². The lowest BCUT2D eigenvalue weighted by atomic mass is 10.0. The summed E-state index contributed by atoms with van der Waals surface area (Å²) < 4.78 is 30.1. The molecule has 0 aliphatic carbocycles. The zero-order valence-corrected chi connectivity index (χ0v) is 18.3. The van der Waals surface area contributed by atoms with E-state index in [2.05, 4.69) is 0 Å². The molecule has 0 bridgehead atoms. The van der Waals surface area contributed by atoms with Crippen molar-refractivity contribution in [3.05, 3.63) is 29.0 Å². The molecule has 0 saturated carbocycles. The van der Waals surface area contributed by atoms with Gasteiger partial charge < -0.3 is 14.2 Å². The first-order valence-corrected chi connectivity index (χ1v) is 9.71. The van der Waals surface area contributed by atoms with Crippen molar-refractivity contribution in [2.75, 3.05) is 0 Å². The maximum Gasteiger partial charge on any atom is 0.309 e. The van der Waals surface area contributed by atoms with Gasteiger partial charge >= 0.3 is 11.9 Å². The minimum Gasteiger partial charge on any atom is -0.487 e. The predicted molar refractivity (Wildman–Crippen MR) is 106 cm³/mol. The Hall–Kier alpha value is -1.82. The third-order valence-electron chi connectivity index (χ3n) is 3.83. The fraction of sp³-hybridized carbons (Fsp3) is 0.619. The van der Waals surface area contributed by atoms with Crippen molar-refractivity contribution in [3.8, 4) is 5.75 Å². The molecule has 0 unspecified atom stereocenters. The van der Waals surface area contributed by atoms with Gasteiger partial charge in [-0.15, -0.1) is 0 Å². The highest BCUT2D eigenvalue weighted by molar-refractivity contribution is 6.30. The second-order valence-corrected chi connectivity index (χ2v) is 8.70. The van der Waals surface area contributed by atoms with E-state index in [4.69, 9.17) is 25.8 Å². The van der Waals surface area contributed by atoms with Gasteiger partial charge in [-0.1, -0.05) is 32.4 Å². The first-order valence-electron chi connectivity index (χ1n) is 9.33. The monoisotopic (exact) mass is 416 g/mol. The van der Waals surface area contributed by atoms with Crippen molar-refractivity contribution in [2.45, 2.75) is 72.7 Å². The maximum absolute atomic E-state index is 13.5. The molecule has 0 heterocycles. The number of hydrogen-bond donors (Lipinski definition) is 0. The first kappa shape index (κ1) is 24.2. The topological polar surface area (TPSA) is 61.8 Å². The van der Waals surface area contributed by atoms with Gasteiger partial charge in [0.1, 0.15) is 29.4 Å². The number of rotatable bonds is 8. The summed E-state index contributed by atoms with van der Waals surface area (Å²) >= 11 is 5.85. The van der Waals surface area contributed by atoms with Crippen molar-refractivity contribution in [2.24, 2.45) is 11.8 Å². The Morgan fingerprint density at radius 1 is 1.11 bits per heavy atom. The van der Waals surface area contributed by atoms with E-state index in [0.29, 0.717) is 0 Å². The van der Waals surface area contributed by atoms with Gasteiger partial charge in [0.15, 0.2) is 0 Å². The van der Waals surface area contributed by atoms with E-state index in [1.807, 2.05) is 13.8 Å². The van der Waals surface area contributed by atoms with Crippen LogP contribution < -0.4 is 4.74 Å². The summed E-state index contributed by atoms with van der Waals surface area (Å²) in [5, 5.41) is 0.214. The Balaban J connectivity index is 2.74. The fourth-order valence-corrected chi connectivity index (χ4v) is 2.83. The van der Waals surface area contributed by atoms with Crippen molar-refractivity contribution >= 4 is 23.5 Å². The largest absolute Gasteiger partial charge is 0.487 e.